The number of carbonyl (C=O) groups excluding carboxylic acids is 4. The molecule has 2 aromatic carbocycles. The van der Waals surface area contributed by atoms with Gasteiger partial charge in [-0.05, 0) is 51.1 Å². The van der Waals surface area contributed by atoms with Crippen LogP contribution in [0, 0.1) is 0 Å². The lowest BCUT2D eigenvalue weighted by Gasteiger charge is -2.20. The van der Waals surface area contributed by atoms with Gasteiger partial charge < -0.3 is 10.1 Å². The first-order valence-corrected chi connectivity index (χ1v) is 8.73. The summed E-state index contributed by atoms with van der Waals surface area (Å²) in [6.45, 7) is 5.03. The number of hydrogen-bond acceptors (Lipinski definition) is 5. The number of amides is 3. The highest BCUT2D eigenvalue weighted by atomic mass is 16.5. The van der Waals surface area contributed by atoms with E-state index >= 15 is 0 Å². The van der Waals surface area contributed by atoms with Crippen LogP contribution in [0.2, 0.25) is 0 Å². The predicted molar refractivity (Wildman–Crippen MR) is 102 cm³/mol. The van der Waals surface area contributed by atoms with Gasteiger partial charge in [0.05, 0.1) is 22.4 Å². The third kappa shape index (κ3) is 3.93. The number of rotatable bonds is 4. The summed E-state index contributed by atoms with van der Waals surface area (Å²) < 4.78 is 5.03. The van der Waals surface area contributed by atoms with E-state index in [4.69, 9.17) is 4.74 Å². The van der Waals surface area contributed by atoms with Crippen LogP contribution in [0.4, 0.5) is 5.69 Å². The van der Waals surface area contributed by atoms with Crippen LogP contribution in [0.25, 0.3) is 0 Å². The molecule has 3 amide bonds. The van der Waals surface area contributed by atoms with Crippen LogP contribution in [0.1, 0.15) is 51.8 Å². The second-order valence-electron chi connectivity index (χ2n) is 7.42. The van der Waals surface area contributed by atoms with Gasteiger partial charge in [-0.25, -0.2) is 9.69 Å². The van der Waals surface area contributed by atoms with Gasteiger partial charge in [-0.15, -0.1) is 0 Å². The Labute approximate surface area is 162 Å². The average molecular weight is 380 g/mol. The highest BCUT2D eigenvalue weighted by Crippen LogP contribution is 2.28. The van der Waals surface area contributed by atoms with Crippen LogP contribution in [0.5, 0.6) is 0 Å². The van der Waals surface area contributed by atoms with Crippen molar-refractivity contribution in [2.24, 2.45) is 0 Å². The highest BCUT2D eigenvalue weighted by molar-refractivity contribution is 6.34. The molecular weight excluding hydrogens is 360 g/mol. The van der Waals surface area contributed by atoms with E-state index in [0.29, 0.717) is 11.1 Å². The summed E-state index contributed by atoms with van der Waals surface area (Å²) >= 11 is 0. The quantitative estimate of drug-likeness (QED) is 0.650. The molecule has 1 aliphatic rings. The van der Waals surface area contributed by atoms with E-state index in [2.05, 4.69) is 5.32 Å². The Kier molecular flexibility index (Phi) is 5.00. The van der Waals surface area contributed by atoms with Gasteiger partial charge >= 0.3 is 5.97 Å². The smallest absolute Gasteiger partial charge is 0.338 e. The summed E-state index contributed by atoms with van der Waals surface area (Å²) in [6, 6.07) is 12.5. The van der Waals surface area contributed by atoms with E-state index in [0.717, 1.165) is 4.90 Å². The summed E-state index contributed by atoms with van der Waals surface area (Å²) in [5, 5.41) is 2.69. The lowest BCUT2D eigenvalue weighted by Crippen LogP contribution is -2.42. The monoisotopic (exact) mass is 380 g/mol. The number of imide groups is 1. The summed E-state index contributed by atoms with van der Waals surface area (Å²) in [6.07, 6.45) is 0. The Morgan fingerprint density at radius 1 is 0.964 bits per heavy atom. The zero-order valence-corrected chi connectivity index (χ0v) is 15.8. The van der Waals surface area contributed by atoms with Gasteiger partial charge in [-0.2, -0.15) is 0 Å². The van der Waals surface area contributed by atoms with Crippen molar-refractivity contribution in [1.29, 1.82) is 0 Å². The normalized spacial score (nSPS) is 13.3. The maximum atomic E-state index is 12.6. The number of nitrogens with one attached hydrogen (secondary N) is 1. The van der Waals surface area contributed by atoms with E-state index in [9.17, 15) is 19.2 Å². The first-order valence-electron chi connectivity index (χ1n) is 8.73. The molecule has 0 atom stereocenters. The molecule has 0 spiro atoms. The summed E-state index contributed by atoms with van der Waals surface area (Å²) in [5.74, 6) is -2.04. The van der Waals surface area contributed by atoms with Crippen molar-refractivity contribution in [3.63, 3.8) is 0 Å². The molecule has 0 aromatic heterocycles. The molecule has 7 nitrogen and oxygen atoms in total. The van der Waals surface area contributed by atoms with Crippen molar-refractivity contribution < 1.29 is 23.9 Å². The van der Waals surface area contributed by atoms with Gasteiger partial charge in [-0.1, -0.05) is 18.2 Å². The summed E-state index contributed by atoms with van der Waals surface area (Å²) in [4.78, 5) is 50.2. The Morgan fingerprint density at radius 2 is 1.57 bits per heavy atom. The molecule has 0 aliphatic carbocycles. The van der Waals surface area contributed by atoms with Crippen molar-refractivity contribution in [3.05, 3.63) is 65.2 Å². The fraction of sp³-hybridized carbons (Fsp3) is 0.238. The summed E-state index contributed by atoms with van der Waals surface area (Å²) in [5.41, 5.74) is 0.602. The molecule has 0 fully saturated rings. The van der Waals surface area contributed by atoms with Crippen molar-refractivity contribution in [2.75, 3.05) is 11.5 Å². The fourth-order valence-electron chi connectivity index (χ4n) is 2.86. The zero-order chi connectivity index (χ0) is 20.5. The van der Waals surface area contributed by atoms with Gasteiger partial charge in [0.15, 0.2) is 6.61 Å². The van der Waals surface area contributed by atoms with Crippen LogP contribution < -0.4 is 10.2 Å². The molecule has 0 saturated heterocycles. The van der Waals surface area contributed by atoms with Crippen LogP contribution in [0.3, 0.4) is 0 Å². The molecule has 0 saturated carbocycles. The SMILES string of the molecule is CC(C)(C)NC(=O)COC(=O)c1cccc(N2C(=O)c3ccccc3C2=O)c1. The fourth-order valence-corrected chi connectivity index (χ4v) is 2.86. The molecule has 7 heteroatoms. The Hall–Kier alpha value is -3.48. The zero-order valence-electron chi connectivity index (χ0n) is 15.8. The molecule has 2 aromatic rings. The van der Waals surface area contributed by atoms with Gasteiger partial charge in [0, 0.05) is 5.54 Å². The Morgan fingerprint density at radius 3 is 2.14 bits per heavy atom. The molecule has 1 heterocycles. The second-order valence-corrected chi connectivity index (χ2v) is 7.42. The van der Waals surface area contributed by atoms with E-state index in [1.807, 2.05) is 20.8 Å². The first kappa shape index (κ1) is 19.3. The molecule has 3 rings (SSSR count). The van der Waals surface area contributed by atoms with Crippen LogP contribution in [-0.2, 0) is 9.53 Å². The lowest BCUT2D eigenvalue weighted by molar-refractivity contribution is -0.125. The molecule has 0 unspecified atom stereocenters. The molecule has 144 valence electrons. The largest absolute Gasteiger partial charge is 0.452 e. The average Bonchev–Trinajstić information content (AvgIpc) is 2.89. The van der Waals surface area contributed by atoms with Crippen LogP contribution in [-0.4, -0.2) is 35.8 Å². The minimum atomic E-state index is -0.720. The van der Waals surface area contributed by atoms with Crippen LogP contribution in [0.15, 0.2) is 48.5 Å². The molecule has 0 radical (unpaired) electrons. The van der Waals surface area contributed by atoms with Crippen molar-refractivity contribution in [1.82, 2.24) is 5.32 Å². The number of ether oxygens (including phenoxy) is 1. The Balaban J connectivity index is 1.75. The van der Waals surface area contributed by atoms with E-state index in [-0.39, 0.29) is 11.3 Å². The number of anilines is 1. The summed E-state index contributed by atoms with van der Waals surface area (Å²) in [7, 11) is 0. The maximum absolute atomic E-state index is 12.6. The van der Waals surface area contributed by atoms with Gasteiger partial charge in [0.25, 0.3) is 17.7 Å². The highest BCUT2D eigenvalue weighted by Gasteiger charge is 2.36. The molecule has 0 bridgehead atoms. The van der Waals surface area contributed by atoms with E-state index in [1.165, 1.54) is 12.1 Å². The minimum absolute atomic E-state index is 0.137. The van der Waals surface area contributed by atoms with Crippen molar-refractivity contribution in [2.45, 2.75) is 26.3 Å². The number of nitrogens with zero attached hydrogens (tertiary/aromatic N) is 1. The number of hydrogen-bond donors (Lipinski definition) is 1. The van der Waals surface area contributed by atoms with Crippen molar-refractivity contribution in [3.8, 4) is 0 Å². The third-order valence-corrected chi connectivity index (χ3v) is 3.98. The molecule has 28 heavy (non-hydrogen) atoms. The third-order valence-electron chi connectivity index (χ3n) is 3.98. The lowest BCUT2D eigenvalue weighted by atomic mass is 10.1. The Bertz CT molecular complexity index is 940. The van der Waals surface area contributed by atoms with Crippen molar-refractivity contribution >= 4 is 29.4 Å². The van der Waals surface area contributed by atoms with Gasteiger partial charge in [0.1, 0.15) is 0 Å². The maximum Gasteiger partial charge on any atom is 0.338 e. The van der Waals surface area contributed by atoms with E-state index in [1.54, 1.807) is 36.4 Å². The van der Waals surface area contributed by atoms with Crippen LogP contribution >= 0.6 is 0 Å². The molecular formula is C21H20N2O5. The molecule has 1 N–H and O–H groups in total. The van der Waals surface area contributed by atoms with Gasteiger partial charge in [0.2, 0.25) is 0 Å². The van der Waals surface area contributed by atoms with E-state index < -0.39 is 35.8 Å². The second kappa shape index (κ2) is 7.26. The predicted octanol–water partition coefficient (Wildman–Crippen LogP) is 2.56. The number of carbonyl (C=O) groups is 4. The molecule has 1 aliphatic heterocycles. The number of esters is 1. The first-order chi connectivity index (χ1) is 13.2. The standard InChI is InChI=1S/C21H20N2O5/c1-21(2,3)22-17(24)12-28-20(27)13-7-6-8-14(11-13)23-18(25)15-9-4-5-10-16(15)19(23)26/h4-11H,12H2,1-3H3,(H,22,24). The topological polar surface area (TPSA) is 92.8 Å². The van der Waals surface area contributed by atoms with Gasteiger partial charge in [-0.3, -0.25) is 14.4 Å². The number of benzene rings is 2. The minimum Gasteiger partial charge on any atom is -0.452 e. The number of fused-ring (bicyclic) bond motifs is 1.